The Morgan fingerprint density at radius 2 is 1.31 bits per heavy atom. The largest absolute Gasteiger partial charge is 0.399 e. The third-order valence-corrected chi connectivity index (χ3v) is 9.26. The Kier molecular flexibility index (Phi) is 11.7. The molecule has 8 heterocycles. The Hall–Kier alpha value is -9.06. The lowest BCUT2D eigenvalue weighted by Crippen LogP contribution is -2.18. The summed E-state index contributed by atoms with van der Waals surface area (Å²) in [6.45, 7) is 3.90. The molecule has 18 heteroatoms. The number of fused-ring (bicyclic) bond motifs is 2. The number of imidazole rings is 1. The zero-order valence-electron chi connectivity index (χ0n) is 33.1. The van der Waals surface area contributed by atoms with Crippen molar-refractivity contribution in [3.63, 3.8) is 0 Å². The average Bonchev–Trinajstić information content (AvgIpc) is 4.13. The van der Waals surface area contributed by atoms with Crippen molar-refractivity contribution < 1.29 is 18.6 Å². The fourth-order valence-corrected chi connectivity index (χ4v) is 6.13. The van der Waals surface area contributed by atoms with Gasteiger partial charge in [-0.15, -0.1) is 0 Å². The van der Waals surface area contributed by atoms with Gasteiger partial charge in [-0.3, -0.25) is 30.4 Å². The molecule has 0 saturated heterocycles. The number of nitrogens with zero attached hydrogens (tertiary/aromatic N) is 8. The molecule has 18 nitrogen and oxygen atoms in total. The first-order chi connectivity index (χ1) is 30.3. The molecule has 0 spiro atoms. The quantitative estimate of drug-likeness (QED) is 0.0622. The van der Waals surface area contributed by atoms with Gasteiger partial charge in [0.25, 0.3) is 0 Å². The van der Waals surface area contributed by atoms with E-state index >= 15 is 0 Å². The van der Waals surface area contributed by atoms with E-state index in [2.05, 4.69) is 66.1 Å². The Bertz CT molecular complexity index is 3070. The topological polar surface area (TPSA) is 257 Å². The molecule has 7 N–H and O–H groups in total. The predicted molar refractivity (Wildman–Crippen MR) is 234 cm³/mol. The molecule has 10 rings (SSSR count). The minimum atomic E-state index is -0.429. The van der Waals surface area contributed by atoms with E-state index < -0.39 is 6.03 Å². The summed E-state index contributed by atoms with van der Waals surface area (Å²) in [5.41, 5.74) is 17.6. The average molecular weight is 825 g/mol. The maximum Gasteiger partial charge on any atom is 0.326 e. The Morgan fingerprint density at radius 3 is 1.95 bits per heavy atom. The van der Waals surface area contributed by atoms with Crippen molar-refractivity contribution in [2.24, 2.45) is 0 Å². The molecule has 3 amide bonds. The zero-order valence-corrected chi connectivity index (χ0v) is 33.1. The normalized spacial score (nSPS) is 10.6. The Labute approximate surface area is 352 Å². The highest BCUT2D eigenvalue weighted by Crippen LogP contribution is 2.27. The molecule has 2 aromatic carbocycles. The number of amides is 3. The van der Waals surface area contributed by atoms with Crippen molar-refractivity contribution in [2.75, 3.05) is 21.7 Å². The van der Waals surface area contributed by atoms with Crippen LogP contribution in [0.5, 0.6) is 0 Å². The number of hydrogen-bond donors (Lipinski definition) is 6. The fraction of sp³-hybridized carbons (Fsp3) is 0.0455. The highest BCUT2D eigenvalue weighted by molar-refractivity contribution is 5.99. The van der Waals surface area contributed by atoms with Crippen LogP contribution in [0.4, 0.5) is 27.9 Å². The molecule has 0 fully saturated rings. The van der Waals surface area contributed by atoms with Gasteiger partial charge in [-0.25, -0.2) is 19.7 Å². The molecule has 0 aliphatic rings. The number of benzene rings is 2. The van der Waals surface area contributed by atoms with Gasteiger partial charge in [-0.05, 0) is 92.2 Å². The van der Waals surface area contributed by atoms with E-state index in [0.29, 0.717) is 29.4 Å². The van der Waals surface area contributed by atoms with Crippen molar-refractivity contribution >= 4 is 57.7 Å². The number of aromatic amines is 2. The molecule has 0 unspecified atom stereocenters. The second-order valence-electron chi connectivity index (χ2n) is 13.4. The second-order valence-corrected chi connectivity index (χ2v) is 13.4. The predicted octanol–water partition coefficient (Wildman–Crippen LogP) is 8.45. The maximum absolute atomic E-state index is 12.3. The van der Waals surface area contributed by atoms with Gasteiger partial charge in [0, 0.05) is 82.3 Å². The summed E-state index contributed by atoms with van der Waals surface area (Å²) in [5, 5.41) is 16.5. The third kappa shape index (κ3) is 9.45. The van der Waals surface area contributed by atoms with Crippen LogP contribution in [0.1, 0.15) is 11.4 Å². The molecule has 0 bridgehead atoms. The summed E-state index contributed by atoms with van der Waals surface area (Å²) in [6, 6.07) is 29.2. The van der Waals surface area contributed by atoms with Crippen molar-refractivity contribution in [1.82, 2.24) is 50.2 Å². The van der Waals surface area contributed by atoms with Crippen molar-refractivity contribution in [3.05, 3.63) is 146 Å². The van der Waals surface area contributed by atoms with Gasteiger partial charge in [0.15, 0.2) is 0 Å². The van der Waals surface area contributed by atoms with E-state index in [1.807, 2.05) is 98.8 Å². The van der Waals surface area contributed by atoms with Crippen LogP contribution >= 0.6 is 0 Å². The minimum absolute atomic E-state index is 0.246. The Morgan fingerprint density at radius 1 is 0.661 bits per heavy atom. The van der Waals surface area contributed by atoms with Crippen LogP contribution in [0.15, 0.2) is 143 Å². The first-order valence-corrected chi connectivity index (χ1v) is 18.9. The molecule has 0 atom stereocenters. The highest BCUT2D eigenvalue weighted by atomic mass is 16.5. The maximum atomic E-state index is 12.3. The number of hydrogen-bond acceptors (Lipinski definition) is 13. The van der Waals surface area contributed by atoms with Crippen LogP contribution in [0.25, 0.3) is 67.2 Å². The second kappa shape index (κ2) is 18.2. The molecule has 8 aromatic heterocycles. The lowest BCUT2D eigenvalue weighted by Gasteiger charge is -2.06. The van der Waals surface area contributed by atoms with E-state index in [4.69, 9.17) is 14.8 Å². The van der Waals surface area contributed by atoms with Gasteiger partial charge < -0.3 is 30.1 Å². The van der Waals surface area contributed by atoms with Gasteiger partial charge in [0.1, 0.15) is 34.7 Å². The number of nitrogens with two attached hydrogens (primary N) is 1. The van der Waals surface area contributed by atoms with Crippen LogP contribution in [0, 0.1) is 13.8 Å². The highest BCUT2D eigenvalue weighted by Gasteiger charge is 2.12. The summed E-state index contributed by atoms with van der Waals surface area (Å²) in [7, 11) is 0. The standard InChI is InChI=1S/C22H17N7O2.C13H12N4.C9H7N3O2/c1-13-17-10-18(27-21(17)25-12-24-13)14-2-4-16(5-3-14)26-22(30)28-20-11-19(29-31-20)15-6-8-23-9-7-15;1-8-12-11(6-7-15-8)16-13(17-12)9-2-4-10(14)5-3-9;13-6-11-9-5-8(12-14-9)7-1-3-10-4-2-7/h2-12H,1H3,(H,24,25,27)(H2,26,28,30);2-7H,14H2,1H3,(H,16,17);1-6H,(H,11,13). The number of pyridine rings is 3. The van der Waals surface area contributed by atoms with Gasteiger partial charge >= 0.3 is 6.03 Å². The van der Waals surface area contributed by atoms with Gasteiger partial charge in [-0.2, -0.15) is 0 Å². The van der Waals surface area contributed by atoms with Crippen molar-refractivity contribution in [2.45, 2.75) is 13.8 Å². The fourth-order valence-electron chi connectivity index (χ4n) is 6.13. The zero-order chi connectivity index (χ0) is 42.8. The van der Waals surface area contributed by atoms with E-state index in [-0.39, 0.29) is 5.88 Å². The molecule has 0 radical (unpaired) electrons. The number of aryl methyl sites for hydroxylation is 2. The number of aromatic nitrogens is 10. The summed E-state index contributed by atoms with van der Waals surface area (Å²) >= 11 is 0. The first kappa shape index (κ1) is 39.8. The number of rotatable bonds is 8. The monoisotopic (exact) mass is 824 g/mol. The Balaban J connectivity index is 0.000000143. The van der Waals surface area contributed by atoms with Crippen molar-refractivity contribution in [3.8, 4) is 45.2 Å². The summed E-state index contributed by atoms with van der Waals surface area (Å²) in [5.74, 6) is 1.42. The van der Waals surface area contributed by atoms with E-state index in [9.17, 15) is 9.59 Å². The molecular formula is C44H36N14O4. The third-order valence-electron chi connectivity index (χ3n) is 9.26. The smallest absolute Gasteiger partial charge is 0.326 e. The van der Waals surface area contributed by atoms with Gasteiger partial charge in [-0.1, -0.05) is 22.4 Å². The molecule has 0 saturated carbocycles. The van der Waals surface area contributed by atoms with E-state index in [1.165, 1.54) is 6.33 Å². The van der Waals surface area contributed by atoms with Crippen LogP contribution in [0.2, 0.25) is 0 Å². The lowest BCUT2D eigenvalue weighted by molar-refractivity contribution is -0.105. The molecule has 306 valence electrons. The van der Waals surface area contributed by atoms with Crippen LogP contribution in [-0.4, -0.2) is 62.6 Å². The SMILES string of the molecule is Cc1nccc2[nH]c(-c3ccc(N)cc3)nc12.Cc1ncnc2[nH]c(-c3ccc(NC(=O)Nc4cc(-c5ccncc5)no4)cc3)cc12.O=CNc1cc(-c2ccncc2)no1. The summed E-state index contributed by atoms with van der Waals surface area (Å²) in [4.78, 5) is 54.1. The number of carbonyl (C=O) groups is 2. The van der Waals surface area contributed by atoms with Crippen LogP contribution in [-0.2, 0) is 4.79 Å². The number of nitrogens with one attached hydrogen (secondary N) is 5. The molecule has 0 aliphatic heterocycles. The molecular weight excluding hydrogens is 789 g/mol. The number of nitrogen functional groups attached to an aromatic ring is 1. The number of anilines is 4. The van der Waals surface area contributed by atoms with Gasteiger partial charge in [0.05, 0.1) is 16.9 Å². The van der Waals surface area contributed by atoms with Gasteiger partial charge in [0.2, 0.25) is 18.2 Å². The summed E-state index contributed by atoms with van der Waals surface area (Å²) in [6.07, 6.45) is 10.5. The summed E-state index contributed by atoms with van der Waals surface area (Å²) < 4.78 is 10.0. The number of carbonyl (C=O) groups excluding carboxylic acids is 2. The molecule has 62 heavy (non-hydrogen) atoms. The first-order valence-electron chi connectivity index (χ1n) is 18.9. The lowest BCUT2D eigenvalue weighted by atomic mass is 10.1. The minimum Gasteiger partial charge on any atom is -0.399 e. The van der Waals surface area contributed by atoms with E-state index in [1.54, 1.807) is 43.1 Å². The van der Waals surface area contributed by atoms with Crippen LogP contribution in [0.3, 0.4) is 0 Å². The number of H-pyrrole nitrogens is 2. The number of urea groups is 1. The van der Waals surface area contributed by atoms with Crippen LogP contribution < -0.4 is 21.7 Å². The van der Waals surface area contributed by atoms with E-state index in [0.717, 1.165) is 72.9 Å². The molecule has 10 aromatic rings. The van der Waals surface area contributed by atoms with Crippen molar-refractivity contribution in [1.29, 1.82) is 0 Å². The molecule has 0 aliphatic carbocycles.